The average molecular weight is 243 g/mol. The van der Waals surface area contributed by atoms with E-state index in [-0.39, 0.29) is 0 Å². The Balaban J connectivity index is 2.63. The van der Waals surface area contributed by atoms with E-state index < -0.39 is 36.0 Å². The van der Waals surface area contributed by atoms with Crippen LogP contribution in [-0.4, -0.2) is 56.5 Å². The lowest BCUT2D eigenvalue weighted by Gasteiger charge is -2.37. The molecule has 1 fully saturated rings. The number of hydrogen-bond acceptors (Lipinski definition) is 5. The first kappa shape index (κ1) is 10.4. The molecule has 72 valence electrons. The van der Waals surface area contributed by atoms with E-state index >= 15 is 0 Å². The maximum absolute atomic E-state index is 9.21. The molecule has 1 rings (SSSR count). The van der Waals surface area contributed by atoms with Crippen LogP contribution in [0.3, 0.4) is 0 Å². The van der Waals surface area contributed by atoms with Crippen molar-refractivity contribution in [3.05, 3.63) is 0 Å². The zero-order chi connectivity index (χ0) is 9.30. The fraction of sp³-hybridized carbons (Fsp3) is 1.00. The summed E-state index contributed by atoms with van der Waals surface area (Å²) >= 11 is 2.95. The second-order valence-corrected chi connectivity index (χ2v) is 3.58. The van der Waals surface area contributed by atoms with Gasteiger partial charge in [-0.1, -0.05) is 15.9 Å². The summed E-state index contributed by atoms with van der Waals surface area (Å²) in [6.45, 7) is -0.396. The van der Waals surface area contributed by atoms with Crippen LogP contribution in [-0.2, 0) is 4.74 Å². The number of aliphatic hydroxyl groups excluding tert-OH is 4. The number of aliphatic hydroxyl groups is 4. The third kappa shape index (κ3) is 1.78. The van der Waals surface area contributed by atoms with Gasteiger partial charge >= 0.3 is 0 Å². The minimum absolute atomic E-state index is 0.396. The largest absolute Gasteiger partial charge is 0.394 e. The summed E-state index contributed by atoms with van der Waals surface area (Å²) < 4.78 is 4.94. The molecule has 0 aliphatic carbocycles. The van der Waals surface area contributed by atoms with Crippen LogP contribution >= 0.6 is 15.9 Å². The first-order valence-corrected chi connectivity index (χ1v) is 4.44. The first-order valence-electron chi connectivity index (χ1n) is 3.52. The normalized spacial score (nSPS) is 49.2. The van der Waals surface area contributed by atoms with Gasteiger partial charge in [-0.25, -0.2) is 0 Å². The molecule has 1 aliphatic heterocycles. The molecule has 0 saturated carbocycles. The smallest absolute Gasteiger partial charge is 0.141 e. The summed E-state index contributed by atoms with van der Waals surface area (Å²) in [7, 11) is 0. The third-order valence-corrected chi connectivity index (χ3v) is 2.59. The van der Waals surface area contributed by atoms with Crippen molar-refractivity contribution in [2.45, 2.75) is 29.4 Å². The zero-order valence-electron chi connectivity index (χ0n) is 6.17. The zero-order valence-corrected chi connectivity index (χ0v) is 7.75. The average Bonchev–Trinajstić information content (AvgIpc) is 2.08. The van der Waals surface area contributed by atoms with E-state index in [1.165, 1.54) is 0 Å². The fourth-order valence-electron chi connectivity index (χ4n) is 1.06. The molecule has 0 amide bonds. The van der Waals surface area contributed by atoms with Gasteiger partial charge in [0, 0.05) is 0 Å². The Kier molecular flexibility index (Phi) is 3.45. The molecule has 12 heavy (non-hydrogen) atoms. The highest BCUT2D eigenvalue weighted by molar-refractivity contribution is 9.09. The van der Waals surface area contributed by atoms with Crippen molar-refractivity contribution in [3.63, 3.8) is 0 Å². The third-order valence-electron chi connectivity index (χ3n) is 1.83. The van der Waals surface area contributed by atoms with Gasteiger partial charge in [0.1, 0.15) is 29.4 Å². The van der Waals surface area contributed by atoms with E-state index in [0.717, 1.165) is 0 Å². The lowest BCUT2D eigenvalue weighted by atomic mass is 10.0. The van der Waals surface area contributed by atoms with E-state index in [1.54, 1.807) is 0 Å². The topological polar surface area (TPSA) is 90.2 Å². The monoisotopic (exact) mass is 242 g/mol. The summed E-state index contributed by atoms with van der Waals surface area (Å²) in [4.78, 5) is 0. The van der Waals surface area contributed by atoms with Gasteiger partial charge in [-0.2, -0.15) is 0 Å². The molecule has 0 radical (unpaired) electrons. The molecule has 0 aromatic heterocycles. The molecular weight excluding hydrogens is 232 g/mol. The highest BCUT2D eigenvalue weighted by Gasteiger charge is 2.42. The quantitative estimate of drug-likeness (QED) is 0.407. The Morgan fingerprint density at radius 2 is 1.67 bits per heavy atom. The minimum Gasteiger partial charge on any atom is -0.394 e. The van der Waals surface area contributed by atoms with E-state index in [0.29, 0.717) is 0 Å². The van der Waals surface area contributed by atoms with Crippen LogP contribution in [0.4, 0.5) is 0 Å². The summed E-state index contributed by atoms with van der Waals surface area (Å²) in [5.74, 6) is 0. The Morgan fingerprint density at radius 3 is 2.17 bits per heavy atom. The number of alkyl halides is 1. The van der Waals surface area contributed by atoms with Crippen LogP contribution in [0, 0.1) is 0 Å². The van der Waals surface area contributed by atoms with Gasteiger partial charge in [-0.15, -0.1) is 0 Å². The first-order chi connectivity index (χ1) is 5.57. The van der Waals surface area contributed by atoms with Crippen LogP contribution < -0.4 is 0 Å². The van der Waals surface area contributed by atoms with E-state index in [1.807, 2.05) is 0 Å². The minimum atomic E-state index is -1.29. The van der Waals surface area contributed by atoms with Gasteiger partial charge in [-0.05, 0) is 0 Å². The molecule has 4 N–H and O–H groups in total. The molecule has 1 unspecified atom stereocenters. The van der Waals surface area contributed by atoms with Crippen molar-refractivity contribution in [2.75, 3.05) is 6.61 Å². The Hall–Kier alpha value is 0.280. The SMILES string of the molecule is OC[C@H]1OC(Br)[C@@H](O)[C@@H](O)[C@@H]1O. The van der Waals surface area contributed by atoms with Crippen molar-refractivity contribution in [3.8, 4) is 0 Å². The van der Waals surface area contributed by atoms with Crippen LogP contribution in [0.25, 0.3) is 0 Å². The molecule has 1 heterocycles. The predicted molar refractivity (Wildman–Crippen MR) is 42.7 cm³/mol. The van der Waals surface area contributed by atoms with Crippen molar-refractivity contribution in [1.29, 1.82) is 0 Å². The van der Waals surface area contributed by atoms with Crippen molar-refractivity contribution in [1.82, 2.24) is 0 Å². The number of rotatable bonds is 1. The molecule has 0 aromatic carbocycles. The number of ether oxygens (including phenoxy) is 1. The molecule has 0 bridgehead atoms. The fourth-order valence-corrected chi connectivity index (χ4v) is 1.65. The molecule has 1 saturated heterocycles. The van der Waals surface area contributed by atoms with Crippen LogP contribution in [0.5, 0.6) is 0 Å². The molecule has 0 spiro atoms. The predicted octanol–water partition coefficient (Wildman–Crippen LogP) is -1.82. The molecule has 1 aliphatic rings. The molecule has 6 heteroatoms. The second kappa shape index (κ2) is 3.99. The summed E-state index contributed by atoms with van der Waals surface area (Å²) in [5.41, 5.74) is 0. The lowest BCUT2D eigenvalue weighted by Crippen LogP contribution is -2.56. The maximum Gasteiger partial charge on any atom is 0.141 e. The van der Waals surface area contributed by atoms with E-state index in [4.69, 9.17) is 14.9 Å². The Labute approximate surface area is 77.7 Å². The molecule has 0 aromatic rings. The molecule has 5 nitrogen and oxygen atoms in total. The number of hydrogen-bond donors (Lipinski definition) is 4. The van der Waals surface area contributed by atoms with Crippen molar-refractivity contribution >= 4 is 15.9 Å². The van der Waals surface area contributed by atoms with Gasteiger partial charge in [0.25, 0.3) is 0 Å². The summed E-state index contributed by atoms with van der Waals surface area (Å²) in [6.07, 6.45) is -4.57. The van der Waals surface area contributed by atoms with Gasteiger partial charge in [-0.3, -0.25) is 0 Å². The van der Waals surface area contributed by atoms with Crippen LogP contribution in [0.2, 0.25) is 0 Å². The summed E-state index contributed by atoms with van der Waals surface area (Å²) in [5, 5.41) is 35.5. The molecular formula is C6H11BrO5. The highest BCUT2D eigenvalue weighted by atomic mass is 79.9. The van der Waals surface area contributed by atoms with Gasteiger partial charge < -0.3 is 25.2 Å². The lowest BCUT2D eigenvalue weighted by molar-refractivity contribution is -0.203. The number of halogens is 1. The summed E-state index contributed by atoms with van der Waals surface area (Å²) in [6, 6.07) is 0. The van der Waals surface area contributed by atoms with Gasteiger partial charge in [0.2, 0.25) is 0 Å². The second-order valence-electron chi connectivity index (χ2n) is 2.68. The van der Waals surface area contributed by atoms with Crippen LogP contribution in [0.15, 0.2) is 0 Å². The van der Waals surface area contributed by atoms with E-state index in [9.17, 15) is 10.2 Å². The van der Waals surface area contributed by atoms with Crippen LogP contribution in [0.1, 0.15) is 0 Å². The van der Waals surface area contributed by atoms with Crippen molar-refractivity contribution < 1.29 is 25.2 Å². The maximum atomic E-state index is 9.21. The van der Waals surface area contributed by atoms with Gasteiger partial charge in [0.05, 0.1) is 6.61 Å². The van der Waals surface area contributed by atoms with Gasteiger partial charge in [0.15, 0.2) is 0 Å². The van der Waals surface area contributed by atoms with Crippen molar-refractivity contribution in [2.24, 2.45) is 0 Å². The standard InChI is InChI=1S/C6H11BrO5/c7-6-5(11)4(10)3(9)2(1-8)12-6/h2-6,8-11H,1H2/t2-,3-,4+,5+,6?/m1/s1. The Bertz CT molecular complexity index is 150. The Morgan fingerprint density at radius 1 is 1.08 bits per heavy atom. The van der Waals surface area contributed by atoms with E-state index in [2.05, 4.69) is 15.9 Å². The molecule has 5 atom stereocenters. The highest BCUT2D eigenvalue weighted by Crippen LogP contribution is 2.24.